The van der Waals surface area contributed by atoms with E-state index < -0.39 is 0 Å². The van der Waals surface area contributed by atoms with E-state index in [1.807, 2.05) is 0 Å². The van der Waals surface area contributed by atoms with Crippen molar-refractivity contribution in [2.45, 2.75) is 26.8 Å². The lowest BCUT2D eigenvalue weighted by Gasteiger charge is -2.09. The molecular weight excluding hydrogens is 282 g/mol. The van der Waals surface area contributed by atoms with Crippen LogP contribution in [0.2, 0.25) is 5.15 Å². The van der Waals surface area contributed by atoms with Crippen molar-refractivity contribution in [2.24, 2.45) is 0 Å². The van der Waals surface area contributed by atoms with Gasteiger partial charge in [0.25, 0.3) is 0 Å². The summed E-state index contributed by atoms with van der Waals surface area (Å²) in [7, 11) is 0. The first kappa shape index (κ1) is 14.0. The fraction of sp³-hybridized carbons (Fsp3) is 0.308. The molecule has 0 saturated carbocycles. The van der Waals surface area contributed by atoms with E-state index in [4.69, 9.17) is 11.6 Å². The highest BCUT2D eigenvalue weighted by atomic mass is 35.5. The van der Waals surface area contributed by atoms with E-state index in [0.29, 0.717) is 30.0 Å². The Morgan fingerprint density at radius 3 is 2.95 bits per heavy atom. The van der Waals surface area contributed by atoms with E-state index in [0.717, 1.165) is 6.42 Å². The van der Waals surface area contributed by atoms with Crippen LogP contribution >= 0.6 is 22.9 Å². The predicted molar refractivity (Wildman–Crippen MR) is 78.2 cm³/mol. The van der Waals surface area contributed by atoms with E-state index >= 15 is 0 Å². The number of aromatic nitrogens is 2. The smallest absolute Gasteiger partial charge is 0.156 e. The fourth-order valence-corrected chi connectivity index (χ4v) is 2.96. The van der Waals surface area contributed by atoms with Crippen LogP contribution in [-0.4, -0.2) is 16.3 Å². The number of aryl methyl sites for hydroxylation is 2. The topological polar surface area (TPSA) is 54.9 Å². The third-order valence-corrected chi connectivity index (χ3v) is 4.02. The second-order valence-corrected chi connectivity index (χ2v) is 5.38. The van der Waals surface area contributed by atoms with Crippen molar-refractivity contribution in [1.82, 2.24) is 9.97 Å². The summed E-state index contributed by atoms with van der Waals surface area (Å²) in [5.41, 5.74) is 1.61. The molecule has 2 rings (SSSR count). The van der Waals surface area contributed by atoms with Gasteiger partial charge in [0.05, 0.1) is 12.1 Å². The minimum absolute atomic E-state index is 0.187. The monoisotopic (exact) mass is 295 g/mol. The van der Waals surface area contributed by atoms with E-state index in [2.05, 4.69) is 33.7 Å². The minimum atomic E-state index is 0.187. The van der Waals surface area contributed by atoms with Crippen molar-refractivity contribution < 1.29 is 4.79 Å². The molecule has 1 N–H and O–H groups in total. The number of nitrogens with one attached hydrogen (secondary N) is 1. The standard InChI is InChI=1S/C13H14ClN3OS/c1-3-9-4-5-19-11(9)6-15-13-10(7-18)12(14)16-8(2)17-13/h4-5,7H,3,6H2,1-2H3,(H,15,16,17). The lowest BCUT2D eigenvalue weighted by atomic mass is 10.2. The first-order valence-corrected chi connectivity index (χ1v) is 7.20. The molecule has 100 valence electrons. The van der Waals surface area contributed by atoms with Crippen molar-refractivity contribution >= 4 is 35.0 Å². The number of carbonyl (C=O) groups is 1. The highest BCUT2D eigenvalue weighted by molar-refractivity contribution is 7.10. The van der Waals surface area contributed by atoms with Crippen LogP contribution in [0.3, 0.4) is 0 Å². The zero-order chi connectivity index (χ0) is 13.8. The Hall–Kier alpha value is -1.46. The summed E-state index contributed by atoms with van der Waals surface area (Å²) in [6.45, 7) is 4.50. The van der Waals surface area contributed by atoms with Crippen LogP contribution in [0.15, 0.2) is 11.4 Å². The summed E-state index contributed by atoms with van der Waals surface area (Å²) < 4.78 is 0. The van der Waals surface area contributed by atoms with Crippen LogP contribution in [-0.2, 0) is 13.0 Å². The Balaban J connectivity index is 2.22. The van der Waals surface area contributed by atoms with Crippen LogP contribution in [0, 0.1) is 6.92 Å². The Morgan fingerprint density at radius 1 is 1.47 bits per heavy atom. The molecule has 0 aliphatic carbocycles. The maximum absolute atomic E-state index is 11.0. The van der Waals surface area contributed by atoms with E-state index in [-0.39, 0.29) is 5.15 Å². The summed E-state index contributed by atoms with van der Waals surface area (Å²) in [4.78, 5) is 20.5. The molecule has 6 heteroatoms. The zero-order valence-electron chi connectivity index (χ0n) is 10.7. The van der Waals surface area contributed by atoms with Crippen molar-refractivity contribution in [3.8, 4) is 0 Å². The molecule has 0 radical (unpaired) electrons. The predicted octanol–water partition coefficient (Wildman–Crippen LogP) is 3.49. The lowest BCUT2D eigenvalue weighted by Crippen LogP contribution is -2.07. The van der Waals surface area contributed by atoms with Gasteiger partial charge in [0.2, 0.25) is 0 Å². The van der Waals surface area contributed by atoms with Gasteiger partial charge >= 0.3 is 0 Å². The van der Waals surface area contributed by atoms with Gasteiger partial charge in [0.15, 0.2) is 6.29 Å². The van der Waals surface area contributed by atoms with Gasteiger partial charge in [-0.15, -0.1) is 11.3 Å². The lowest BCUT2D eigenvalue weighted by molar-refractivity contribution is 0.112. The number of nitrogens with zero attached hydrogens (tertiary/aromatic N) is 2. The molecule has 2 heterocycles. The molecule has 0 aliphatic heterocycles. The summed E-state index contributed by atoms with van der Waals surface area (Å²) in [6, 6.07) is 2.11. The summed E-state index contributed by atoms with van der Waals surface area (Å²) in [5.74, 6) is 1.03. The van der Waals surface area contributed by atoms with Gasteiger partial charge in [-0.05, 0) is 30.4 Å². The van der Waals surface area contributed by atoms with Gasteiger partial charge in [0.1, 0.15) is 16.8 Å². The van der Waals surface area contributed by atoms with Gasteiger partial charge in [-0.25, -0.2) is 9.97 Å². The highest BCUT2D eigenvalue weighted by Gasteiger charge is 2.11. The van der Waals surface area contributed by atoms with Crippen LogP contribution < -0.4 is 5.32 Å². The molecule has 0 aromatic carbocycles. The molecule has 0 spiro atoms. The molecule has 4 nitrogen and oxygen atoms in total. The van der Waals surface area contributed by atoms with Crippen LogP contribution in [0.1, 0.15) is 33.5 Å². The van der Waals surface area contributed by atoms with Crippen molar-refractivity contribution in [1.29, 1.82) is 0 Å². The summed E-state index contributed by atoms with van der Waals surface area (Å²) in [5, 5.41) is 5.42. The molecule has 0 aliphatic rings. The van der Waals surface area contributed by atoms with Gasteiger partial charge in [-0.3, -0.25) is 4.79 Å². The average molecular weight is 296 g/mol. The zero-order valence-corrected chi connectivity index (χ0v) is 12.3. The maximum Gasteiger partial charge on any atom is 0.156 e. The Morgan fingerprint density at radius 2 is 2.26 bits per heavy atom. The molecule has 0 atom stereocenters. The number of hydrogen-bond donors (Lipinski definition) is 1. The number of hydrogen-bond acceptors (Lipinski definition) is 5. The molecule has 0 amide bonds. The molecular formula is C13H14ClN3OS. The molecule has 0 bridgehead atoms. The van der Waals surface area contributed by atoms with E-state index in [1.54, 1.807) is 18.3 Å². The maximum atomic E-state index is 11.0. The number of rotatable bonds is 5. The third-order valence-electron chi connectivity index (χ3n) is 2.76. The number of carbonyl (C=O) groups excluding carboxylic acids is 1. The number of anilines is 1. The molecule has 2 aromatic heterocycles. The normalized spacial score (nSPS) is 10.5. The SMILES string of the molecule is CCc1ccsc1CNc1nc(C)nc(Cl)c1C=O. The van der Waals surface area contributed by atoms with Gasteiger partial charge < -0.3 is 5.32 Å². The minimum Gasteiger partial charge on any atom is -0.364 e. The van der Waals surface area contributed by atoms with Gasteiger partial charge in [-0.2, -0.15) is 0 Å². The highest BCUT2D eigenvalue weighted by Crippen LogP contribution is 2.22. The summed E-state index contributed by atoms with van der Waals surface area (Å²) in [6.07, 6.45) is 1.67. The third kappa shape index (κ3) is 3.11. The van der Waals surface area contributed by atoms with Crippen molar-refractivity contribution in [3.05, 3.63) is 38.4 Å². The second kappa shape index (κ2) is 6.12. The Bertz CT molecular complexity index is 598. The average Bonchev–Trinajstić information content (AvgIpc) is 2.83. The van der Waals surface area contributed by atoms with Gasteiger partial charge in [0, 0.05) is 4.88 Å². The first-order valence-electron chi connectivity index (χ1n) is 5.94. The molecule has 0 fully saturated rings. The molecule has 19 heavy (non-hydrogen) atoms. The fourth-order valence-electron chi connectivity index (χ4n) is 1.79. The van der Waals surface area contributed by atoms with Crippen LogP contribution in [0.4, 0.5) is 5.82 Å². The number of aldehydes is 1. The quantitative estimate of drug-likeness (QED) is 0.678. The van der Waals surface area contributed by atoms with Crippen molar-refractivity contribution in [2.75, 3.05) is 5.32 Å². The Labute approximate surface area is 120 Å². The van der Waals surface area contributed by atoms with Crippen LogP contribution in [0.25, 0.3) is 0 Å². The van der Waals surface area contributed by atoms with Gasteiger partial charge in [-0.1, -0.05) is 18.5 Å². The van der Waals surface area contributed by atoms with E-state index in [1.165, 1.54) is 10.4 Å². The molecule has 0 unspecified atom stereocenters. The second-order valence-electron chi connectivity index (χ2n) is 4.02. The van der Waals surface area contributed by atoms with Crippen LogP contribution in [0.5, 0.6) is 0 Å². The molecule has 0 saturated heterocycles. The van der Waals surface area contributed by atoms with Crippen molar-refractivity contribution in [3.63, 3.8) is 0 Å². The summed E-state index contributed by atoms with van der Waals surface area (Å²) >= 11 is 7.62. The molecule has 2 aromatic rings. The van der Waals surface area contributed by atoms with E-state index in [9.17, 15) is 4.79 Å². The first-order chi connectivity index (χ1) is 9.15. The number of thiophene rings is 1. The largest absolute Gasteiger partial charge is 0.364 e. The number of halogens is 1. The Kier molecular flexibility index (Phi) is 4.50.